The third-order valence-electron chi connectivity index (χ3n) is 2.06. The zero-order valence-corrected chi connectivity index (χ0v) is 8.59. The number of nitrogens with zero attached hydrogens (tertiary/aromatic N) is 4. The number of rotatable bonds is 2. The number of aliphatic hydroxyl groups excluding tert-OH is 1. The van der Waals surface area contributed by atoms with Gasteiger partial charge in [-0.25, -0.2) is 4.99 Å². The predicted molar refractivity (Wildman–Crippen MR) is 61.0 cm³/mol. The lowest BCUT2D eigenvalue weighted by atomic mass is 10.3. The summed E-state index contributed by atoms with van der Waals surface area (Å²) in [6.45, 7) is 0. The molecule has 1 aliphatic heterocycles. The van der Waals surface area contributed by atoms with E-state index in [-0.39, 0.29) is 11.6 Å². The molecule has 1 aliphatic rings. The van der Waals surface area contributed by atoms with Gasteiger partial charge in [-0.3, -0.25) is 20.0 Å². The molecule has 0 fully saturated rings. The monoisotopic (exact) mass is 232 g/mol. The van der Waals surface area contributed by atoms with Gasteiger partial charge in [0.25, 0.3) is 5.70 Å². The Balaban J connectivity index is 2.36. The van der Waals surface area contributed by atoms with E-state index in [0.29, 0.717) is 5.69 Å². The second-order valence-corrected chi connectivity index (χ2v) is 3.15. The van der Waals surface area contributed by atoms with Gasteiger partial charge in [0.15, 0.2) is 0 Å². The number of aliphatic hydroxyl groups is 1. The van der Waals surface area contributed by atoms with Crippen LogP contribution in [0.25, 0.3) is 0 Å². The summed E-state index contributed by atoms with van der Waals surface area (Å²) in [6.07, 6.45) is 6.48. The van der Waals surface area contributed by atoms with Crippen molar-refractivity contribution in [1.82, 2.24) is 4.98 Å². The highest BCUT2D eigenvalue weighted by Gasteiger charge is 2.16. The molecule has 0 saturated heterocycles. The maximum absolute atomic E-state index is 10.6. The number of anilines is 1. The minimum absolute atomic E-state index is 0.277. The number of hydrogen-bond donors (Lipinski definition) is 1. The number of aliphatic imine (C=N–C) groups is 1. The second kappa shape index (κ2) is 4.44. The van der Waals surface area contributed by atoms with Crippen molar-refractivity contribution >= 4 is 12.0 Å². The molecule has 1 aromatic heterocycles. The minimum Gasteiger partial charge on any atom is -0.494 e. The van der Waals surface area contributed by atoms with E-state index in [1.165, 1.54) is 11.2 Å². The van der Waals surface area contributed by atoms with E-state index < -0.39 is 4.92 Å². The van der Waals surface area contributed by atoms with E-state index in [4.69, 9.17) is 0 Å². The van der Waals surface area contributed by atoms with E-state index in [1.54, 1.807) is 24.5 Å². The first-order valence-electron chi connectivity index (χ1n) is 4.66. The first kappa shape index (κ1) is 10.8. The summed E-state index contributed by atoms with van der Waals surface area (Å²) in [7, 11) is 0. The summed E-state index contributed by atoms with van der Waals surface area (Å²) in [4.78, 5) is 18.9. The van der Waals surface area contributed by atoms with Gasteiger partial charge in [0.2, 0.25) is 5.88 Å². The summed E-state index contributed by atoms with van der Waals surface area (Å²) < 4.78 is 0. The summed E-state index contributed by atoms with van der Waals surface area (Å²) in [6, 6.07) is 3.29. The van der Waals surface area contributed by atoms with Crippen molar-refractivity contribution in [2.24, 2.45) is 4.99 Å². The smallest absolute Gasteiger partial charge is 0.292 e. The molecule has 0 radical (unpaired) electrons. The molecular formula is C10H8N4O3. The number of aromatic nitrogens is 1. The molecule has 0 unspecified atom stereocenters. The van der Waals surface area contributed by atoms with Crippen LogP contribution >= 0.6 is 0 Å². The summed E-state index contributed by atoms with van der Waals surface area (Å²) in [5, 5.41) is 20.3. The molecule has 0 bridgehead atoms. The van der Waals surface area contributed by atoms with E-state index >= 15 is 0 Å². The molecule has 0 atom stereocenters. The normalized spacial score (nSPS) is 14.9. The van der Waals surface area contributed by atoms with Crippen LogP contribution in [0, 0.1) is 10.1 Å². The van der Waals surface area contributed by atoms with Gasteiger partial charge >= 0.3 is 0 Å². The van der Waals surface area contributed by atoms with E-state index in [1.807, 2.05) is 0 Å². The minimum atomic E-state index is -0.621. The van der Waals surface area contributed by atoms with E-state index in [0.717, 1.165) is 12.3 Å². The first-order valence-corrected chi connectivity index (χ1v) is 4.66. The molecule has 1 N–H and O–H groups in total. The van der Waals surface area contributed by atoms with Crippen molar-refractivity contribution in [3.05, 3.63) is 58.5 Å². The van der Waals surface area contributed by atoms with Crippen molar-refractivity contribution in [3.8, 4) is 0 Å². The molecule has 2 heterocycles. The molecule has 7 heteroatoms. The van der Waals surface area contributed by atoms with E-state index in [2.05, 4.69) is 9.98 Å². The molecule has 0 aliphatic carbocycles. The Bertz CT molecular complexity index is 522. The van der Waals surface area contributed by atoms with Crippen molar-refractivity contribution < 1.29 is 10.0 Å². The Morgan fingerprint density at radius 1 is 1.35 bits per heavy atom. The fourth-order valence-corrected chi connectivity index (χ4v) is 1.28. The summed E-state index contributed by atoms with van der Waals surface area (Å²) in [5.74, 6) is -0.277. The van der Waals surface area contributed by atoms with Crippen molar-refractivity contribution in [2.75, 3.05) is 4.90 Å². The van der Waals surface area contributed by atoms with Crippen molar-refractivity contribution in [1.29, 1.82) is 0 Å². The molecular weight excluding hydrogens is 224 g/mol. The highest BCUT2D eigenvalue weighted by Crippen LogP contribution is 2.18. The van der Waals surface area contributed by atoms with Crippen LogP contribution in [-0.4, -0.2) is 21.4 Å². The van der Waals surface area contributed by atoms with Crippen LogP contribution in [0.4, 0.5) is 5.69 Å². The molecule has 0 spiro atoms. The molecule has 0 amide bonds. The Hall–Kier alpha value is -2.70. The lowest BCUT2D eigenvalue weighted by Gasteiger charge is -2.16. The fourth-order valence-electron chi connectivity index (χ4n) is 1.28. The van der Waals surface area contributed by atoms with Crippen LogP contribution < -0.4 is 4.90 Å². The largest absolute Gasteiger partial charge is 0.494 e. The van der Waals surface area contributed by atoms with E-state index in [9.17, 15) is 15.2 Å². The van der Waals surface area contributed by atoms with Crippen LogP contribution in [0.5, 0.6) is 0 Å². The average molecular weight is 232 g/mol. The van der Waals surface area contributed by atoms with Crippen LogP contribution in [-0.2, 0) is 0 Å². The zero-order chi connectivity index (χ0) is 12.3. The van der Waals surface area contributed by atoms with Gasteiger partial charge < -0.3 is 5.11 Å². The van der Waals surface area contributed by atoms with Gasteiger partial charge in [0, 0.05) is 12.4 Å². The number of allylic oxidation sites excluding steroid dienone is 1. The average Bonchev–Trinajstić information content (AvgIpc) is 2.52. The molecule has 0 saturated carbocycles. The van der Waals surface area contributed by atoms with Gasteiger partial charge in [0.1, 0.15) is 12.5 Å². The van der Waals surface area contributed by atoms with Gasteiger partial charge in [-0.15, -0.1) is 0 Å². The van der Waals surface area contributed by atoms with Gasteiger partial charge in [-0.1, -0.05) is 0 Å². The van der Waals surface area contributed by atoms with Gasteiger partial charge in [-0.05, 0) is 12.1 Å². The maximum Gasteiger partial charge on any atom is 0.292 e. The van der Waals surface area contributed by atoms with Crippen LogP contribution in [0.15, 0.2) is 53.4 Å². The quantitative estimate of drug-likeness (QED) is 0.615. The molecule has 0 aromatic carbocycles. The first-order chi connectivity index (χ1) is 8.18. The Morgan fingerprint density at radius 3 is 2.71 bits per heavy atom. The van der Waals surface area contributed by atoms with Gasteiger partial charge in [-0.2, -0.15) is 0 Å². The zero-order valence-electron chi connectivity index (χ0n) is 8.59. The third kappa shape index (κ3) is 2.28. The van der Waals surface area contributed by atoms with Gasteiger partial charge in [0.05, 0.1) is 16.7 Å². The SMILES string of the molecule is O=[N+]([O-])C1=CN=CN(c2ccncc2)C(O)=C1. The molecule has 7 nitrogen and oxygen atoms in total. The predicted octanol–water partition coefficient (Wildman–Crippen LogP) is 1.45. The summed E-state index contributed by atoms with van der Waals surface area (Å²) >= 11 is 0. The number of hydrogen-bond acceptors (Lipinski definition) is 6. The Morgan fingerprint density at radius 2 is 2.06 bits per heavy atom. The Labute approximate surface area is 96.2 Å². The molecule has 17 heavy (non-hydrogen) atoms. The van der Waals surface area contributed by atoms with Crippen LogP contribution in [0.1, 0.15) is 0 Å². The fraction of sp³-hybridized carbons (Fsp3) is 0. The third-order valence-corrected chi connectivity index (χ3v) is 2.06. The highest BCUT2D eigenvalue weighted by molar-refractivity contribution is 5.83. The van der Waals surface area contributed by atoms with Crippen LogP contribution in [0.3, 0.4) is 0 Å². The maximum atomic E-state index is 10.6. The highest BCUT2D eigenvalue weighted by atomic mass is 16.6. The standard InChI is InChI=1S/C10H8N4O3/c15-10-5-9(14(16)17)6-12-7-13(10)8-1-3-11-4-2-8/h1-7,15H. The summed E-state index contributed by atoms with van der Waals surface area (Å²) in [5.41, 5.74) is 0.325. The number of nitro groups is 1. The molecule has 86 valence electrons. The number of pyridine rings is 1. The van der Waals surface area contributed by atoms with Crippen molar-refractivity contribution in [2.45, 2.75) is 0 Å². The molecule has 2 rings (SSSR count). The second-order valence-electron chi connectivity index (χ2n) is 3.15. The molecule has 1 aromatic rings. The van der Waals surface area contributed by atoms with Crippen LogP contribution in [0.2, 0.25) is 0 Å². The lowest BCUT2D eigenvalue weighted by molar-refractivity contribution is -0.419. The lowest BCUT2D eigenvalue weighted by Crippen LogP contribution is -2.19. The topological polar surface area (TPSA) is 91.9 Å². The van der Waals surface area contributed by atoms with Crippen molar-refractivity contribution in [3.63, 3.8) is 0 Å². The Kier molecular flexibility index (Phi) is 2.82.